The van der Waals surface area contributed by atoms with Gasteiger partial charge in [-0.25, -0.2) is 4.39 Å². The minimum atomic E-state index is -0.381. The van der Waals surface area contributed by atoms with Gasteiger partial charge in [-0.3, -0.25) is 9.59 Å². The highest BCUT2D eigenvalue weighted by atomic mass is 19.1. The Balaban J connectivity index is 1.30. The highest BCUT2D eigenvalue weighted by Gasteiger charge is 2.30. The van der Waals surface area contributed by atoms with Crippen LogP contribution < -0.4 is 14.8 Å². The minimum absolute atomic E-state index is 0.0935. The number of carbonyl (C=O) groups excluding carboxylic acids is 2. The maximum atomic E-state index is 13.1. The molecule has 0 spiro atoms. The normalized spacial score (nSPS) is 20.8. The van der Waals surface area contributed by atoms with Gasteiger partial charge in [0.25, 0.3) is 5.91 Å². The first-order valence-electron chi connectivity index (χ1n) is 9.81. The molecule has 0 saturated carbocycles. The third kappa shape index (κ3) is 4.50. The van der Waals surface area contributed by atoms with Gasteiger partial charge in [0.1, 0.15) is 18.5 Å². The predicted molar refractivity (Wildman–Crippen MR) is 104 cm³/mol. The number of carbonyl (C=O) groups is 2. The fraction of sp³-hybridized carbons (Fsp3) is 0.364. The molecule has 29 heavy (non-hydrogen) atoms. The highest BCUT2D eigenvalue weighted by Crippen LogP contribution is 2.30. The van der Waals surface area contributed by atoms with E-state index in [1.54, 1.807) is 4.90 Å². The van der Waals surface area contributed by atoms with Gasteiger partial charge in [0.05, 0.1) is 12.5 Å². The van der Waals surface area contributed by atoms with E-state index in [1.165, 1.54) is 24.3 Å². The first-order valence-corrected chi connectivity index (χ1v) is 9.81. The summed E-state index contributed by atoms with van der Waals surface area (Å²) in [5, 5.41) is 2.93. The van der Waals surface area contributed by atoms with E-state index in [1.807, 2.05) is 24.3 Å². The lowest BCUT2D eigenvalue weighted by atomic mass is 9.96. The molecule has 0 bridgehead atoms. The zero-order valence-corrected chi connectivity index (χ0v) is 16.0. The summed E-state index contributed by atoms with van der Waals surface area (Å²) in [5.74, 6) is 0.454. The summed E-state index contributed by atoms with van der Waals surface area (Å²) in [7, 11) is 0. The van der Waals surface area contributed by atoms with Gasteiger partial charge in [-0.2, -0.15) is 0 Å². The van der Waals surface area contributed by atoms with Crippen molar-refractivity contribution in [1.82, 2.24) is 10.2 Å². The third-order valence-electron chi connectivity index (χ3n) is 5.24. The molecule has 0 radical (unpaired) electrons. The van der Waals surface area contributed by atoms with Crippen LogP contribution in [0.5, 0.6) is 11.5 Å². The average Bonchev–Trinajstić information content (AvgIpc) is 2.77. The summed E-state index contributed by atoms with van der Waals surface area (Å²) in [6.45, 7) is 1.66. The Kier molecular flexibility index (Phi) is 5.64. The molecule has 2 aliphatic heterocycles. The summed E-state index contributed by atoms with van der Waals surface area (Å²) in [5.41, 5.74) is 0.430. The molecule has 7 heteroatoms. The van der Waals surface area contributed by atoms with Crippen LogP contribution in [0.2, 0.25) is 0 Å². The van der Waals surface area contributed by atoms with E-state index in [9.17, 15) is 14.0 Å². The first-order chi connectivity index (χ1) is 14.1. The largest absolute Gasteiger partial charge is 0.486 e. The zero-order valence-electron chi connectivity index (χ0n) is 16.0. The smallest absolute Gasteiger partial charge is 0.253 e. The summed E-state index contributed by atoms with van der Waals surface area (Å²) in [4.78, 5) is 26.9. The fourth-order valence-corrected chi connectivity index (χ4v) is 3.67. The second kappa shape index (κ2) is 8.51. The Morgan fingerprint density at radius 1 is 1.10 bits per heavy atom. The van der Waals surface area contributed by atoms with Gasteiger partial charge in [0, 0.05) is 18.7 Å². The second-order valence-electron chi connectivity index (χ2n) is 7.34. The number of likely N-dealkylation sites (tertiary alicyclic amines) is 1. The van der Waals surface area contributed by atoms with Gasteiger partial charge in [0.2, 0.25) is 5.91 Å². The van der Waals surface area contributed by atoms with Crippen molar-refractivity contribution in [3.63, 3.8) is 0 Å². The number of halogens is 1. The van der Waals surface area contributed by atoms with Gasteiger partial charge >= 0.3 is 0 Å². The van der Waals surface area contributed by atoms with E-state index in [-0.39, 0.29) is 29.7 Å². The molecule has 1 saturated heterocycles. The van der Waals surface area contributed by atoms with Crippen LogP contribution in [0, 0.1) is 11.7 Å². The van der Waals surface area contributed by atoms with Crippen LogP contribution in [0.3, 0.4) is 0 Å². The van der Waals surface area contributed by atoms with Crippen LogP contribution in [-0.2, 0) is 4.79 Å². The topological polar surface area (TPSA) is 67.9 Å². The molecule has 1 N–H and O–H groups in total. The van der Waals surface area contributed by atoms with Crippen LogP contribution in [0.1, 0.15) is 23.2 Å². The minimum Gasteiger partial charge on any atom is -0.486 e. The molecular weight excluding hydrogens is 375 g/mol. The number of fused-ring (bicyclic) bond motifs is 1. The molecule has 4 rings (SSSR count). The van der Waals surface area contributed by atoms with E-state index in [0.29, 0.717) is 43.3 Å². The van der Waals surface area contributed by atoms with Crippen molar-refractivity contribution >= 4 is 11.8 Å². The molecule has 1 fully saturated rings. The number of hydrogen-bond acceptors (Lipinski definition) is 4. The molecule has 0 aromatic heterocycles. The zero-order chi connectivity index (χ0) is 20.2. The number of nitrogens with zero attached hydrogens (tertiary/aromatic N) is 1. The standard InChI is InChI=1S/C22H23FN2O4/c23-17-9-7-15(8-10-17)22(27)25-11-3-4-16(13-25)21(26)24-12-18-14-28-19-5-1-2-6-20(19)29-18/h1-2,5-10,16,18H,3-4,11-14H2,(H,24,26)/t16-,18-/m0/s1. The maximum Gasteiger partial charge on any atom is 0.253 e. The molecule has 2 atom stereocenters. The molecule has 2 heterocycles. The molecule has 0 aliphatic carbocycles. The maximum absolute atomic E-state index is 13.1. The summed E-state index contributed by atoms with van der Waals surface area (Å²) < 4.78 is 24.6. The Morgan fingerprint density at radius 2 is 1.86 bits per heavy atom. The Morgan fingerprint density at radius 3 is 2.66 bits per heavy atom. The van der Waals surface area contributed by atoms with E-state index < -0.39 is 0 Å². The van der Waals surface area contributed by atoms with Crippen molar-refractivity contribution in [2.75, 3.05) is 26.2 Å². The van der Waals surface area contributed by atoms with Crippen LogP contribution in [0.15, 0.2) is 48.5 Å². The second-order valence-corrected chi connectivity index (χ2v) is 7.34. The van der Waals surface area contributed by atoms with Gasteiger partial charge in [0.15, 0.2) is 11.5 Å². The SMILES string of the molecule is O=C(NC[C@H]1COc2ccccc2O1)[C@H]1CCCN(C(=O)c2ccc(F)cc2)C1. The molecule has 2 amide bonds. The molecule has 2 aromatic rings. The lowest BCUT2D eigenvalue weighted by molar-refractivity contribution is -0.126. The quantitative estimate of drug-likeness (QED) is 0.860. The fourth-order valence-electron chi connectivity index (χ4n) is 3.67. The van der Waals surface area contributed by atoms with Crippen LogP contribution in [0.25, 0.3) is 0 Å². The van der Waals surface area contributed by atoms with E-state index >= 15 is 0 Å². The van der Waals surface area contributed by atoms with E-state index in [2.05, 4.69) is 5.32 Å². The van der Waals surface area contributed by atoms with Crippen molar-refractivity contribution in [3.8, 4) is 11.5 Å². The number of amides is 2. The third-order valence-corrected chi connectivity index (χ3v) is 5.24. The van der Waals surface area contributed by atoms with Gasteiger partial charge in [-0.15, -0.1) is 0 Å². The molecule has 0 unspecified atom stereocenters. The number of para-hydroxylation sites is 2. The van der Waals surface area contributed by atoms with Crippen molar-refractivity contribution < 1.29 is 23.5 Å². The molecule has 2 aromatic carbocycles. The summed E-state index contributed by atoms with van der Waals surface area (Å²) >= 11 is 0. The number of rotatable bonds is 4. The van der Waals surface area contributed by atoms with Crippen molar-refractivity contribution in [2.45, 2.75) is 18.9 Å². The molecular formula is C22H23FN2O4. The average molecular weight is 398 g/mol. The highest BCUT2D eigenvalue weighted by molar-refractivity contribution is 5.94. The summed E-state index contributed by atoms with van der Waals surface area (Å²) in [6, 6.07) is 12.9. The molecule has 6 nitrogen and oxygen atoms in total. The van der Waals surface area contributed by atoms with Crippen LogP contribution in [0.4, 0.5) is 4.39 Å². The van der Waals surface area contributed by atoms with E-state index in [4.69, 9.17) is 9.47 Å². The van der Waals surface area contributed by atoms with Crippen LogP contribution in [-0.4, -0.2) is 49.1 Å². The first kappa shape index (κ1) is 19.2. The number of hydrogen-bond donors (Lipinski definition) is 1. The van der Waals surface area contributed by atoms with Crippen molar-refractivity contribution in [2.24, 2.45) is 5.92 Å². The lowest BCUT2D eigenvalue weighted by Gasteiger charge is -2.33. The van der Waals surface area contributed by atoms with Gasteiger partial charge < -0.3 is 19.7 Å². The Hall–Kier alpha value is -3.09. The van der Waals surface area contributed by atoms with Gasteiger partial charge in [-0.05, 0) is 49.2 Å². The predicted octanol–water partition coefficient (Wildman–Crippen LogP) is 2.63. The Bertz CT molecular complexity index is 887. The monoisotopic (exact) mass is 398 g/mol. The number of piperidine rings is 1. The Labute approximate surface area is 168 Å². The molecule has 152 valence electrons. The van der Waals surface area contributed by atoms with Crippen LogP contribution >= 0.6 is 0 Å². The number of benzene rings is 2. The van der Waals surface area contributed by atoms with Crippen molar-refractivity contribution in [3.05, 3.63) is 59.9 Å². The molecule has 2 aliphatic rings. The van der Waals surface area contributed by atoms with E-state index in [0.717, 1.165) is 12.8 Å². The number of ether oxygens (including phenoxy) is 2. The summed E-state index contributed by atoms with van der Waals surface area (Å²) in [6.07, 6.45) is 1.22. The number of nitrogens with one attached hydrogen (secondary N) is 1. The lowest BCUT2D eigenvalue weighted by Crippen LogP contribution is -2.48. The van der Waals surface area contributed by atoms with Crippen molar-refractivity contribution in [1.29, 1.82) is 0 Å². The van der Waals surface area contributed by atoms with Gasteiger partial charge in [-0.1, -0.05) is 12.1 Å².